The fourth-order valence-corrected chi connectivity index (χ4v) is 4.08. The van der Waals surface area contributed by atoms with Crippen molar-refractivity contribution in [1.29, 1.82) is 0 Å². The quantitative estimate of drug-likeness (QED) is 0.701. The summed E-state index contributed by atoms with van der Waals surface area (Å²) >= 11 is 6.51. The molecule has 0 fully saturated rings. The van der Waals surface area contributed by atoms with Crippen LogP contribution in [0.5, 0.6) is 5.75 Å². The summed E-state index contributed by atoms with van der Waals surface area (Å²) in [7, 11) is 1.44. The van der Waals surface area contributed by atoms with Crippen molar-refractivity contribution in [2.24, 2.45) is 0 Å². The van der Waals surface area contributed by atoms with Gasteiger partial charge in [0.15, 0.2) is 5.75 Å². The largest absolute Gasteiger partial charge is 0.373 e. The Hall–Kier alpha value is -2.92. The number of hydrogen-bond donors (Lipinski definition) is 0. The van der Waals surface area contributed by atoms with Crippen LogP contribution in [0.15, 0.2) is 16.9 Å². The molecule has 0 atom stereocenters. The van der Waals surface area contributed by atoms with Gasteiger partial charge in [-0.3, -0.25) is 14.4 Å². The Morgan fingerprint density at radius 1 is 1.17 bits per heavy atom. The van der Waals surface area contributed by atoms with Crippen molar-refractivity contribution in [2.45, 2.75) is 39.3 Å². The molecule has 0 unspecified atom stereocenters. The first-order valence-corrected chi connectivity index (χ1v) is 9.77. The summed E-state index contributed by atoms with van der Waals surface area (Å²) in [5.74, 6) is 5.10. The van der Waals surface area contributed by atoms with Gasteiger partial charge < -0.3 is 4.84 Å². The van der Waals surface area contributed by atoms with E-state index in [1.807, 2.05) is 0 Å². The van der Waals surface area contributed by atoms with Crippen LogP contribution in [0.4, 0.5) is 14.9 Å². The predicted molar refractivity (Wildman–Crippen MR) is 108 cm³/mol. The number of carbonyl (C=O) groups excluding carboxylic acids is 1. The van der Waals surface area contributed by atoms with Crippen molar-refractivity contribution >= 4 is 23.3 Å². The summed E-state index contributed by atoms with van der Waals surface area (Å²) in [5, 5.41) is 1.22. The predicted octanol–water partition coefficient (Wildman–Crippen LogP) is 3.48. The lowest BCUT2D eigenvalue weighted by molar-refractivity contribution is 0.00924. The fraction of sp³-hybridized carbons (Fsp3) is 0.400. The lowest BCUT2D eigenvalue weighted by Crippen LogP contribution is -2.47. The second-order valence-corrected chi connectivity index (χ2v) is 7.32. The van der Waals surface area contributed by atoms with Gasteiger partial charge in [0.2, 0.25) is 0 Å². The third-order valence-corrected chi connectivity index (χ3v) is 5.55. The Morgan fingerprint density at radius 3 is 2.62 bits per heavy atom. The molecule has 2 aliphatic rings. The minimum Gasteiger partial charge on any atom is -0.373 e. The van der Waals surface area contributed by atoms with Crippen molar-refractivity contribution < 1.29 is 14.0 Å². The van der Waals surface area contributed by atoms with Gasteiger partial charge in [-0.05, 0) is 32.3 Å². The van der Waals surface area contributed by atoms with Gasteiger partial charge in [-0.2, -0.15) is 5.06 Å². The minimum absolute atomic E-state index is 0.0437. The first-order chi connectivity index (χ1) is 13.9. The molecule has 3 heterocycles. The first-order valence-electron chi connectivity index (χ1n) is 9.40. The second-order valence-electron chi connectivity index (χ2n) is 6.96. The van der Waals surface area contributed by atoms with Crippen LogP contribution in [0, 0.1) is 17.7 Å². The molecule has 4 rings (SSSR count). The lowest BCUT2D eigenvalue weighted by atomic mass is 10.1. The zero-order chi connectivity index (χ0) is 20.7. The molecule has 2 amide bonds. The SMILES string of the molecule is CC#CCN1C(=O)N(C)Oc2cc(F)c(-c3c(Cl)n4n(c3=O)CCCCC4)cc21. The number of amides is 2. The number of anilines is 1. The van der Waals surface area contributed by atoms with Crippen LogP contribution in [0.3, 0.4) is 0 Å². The number of hydroxylamine groups is 2. The van der Waals surface area contributed by atoms with Crippen LogP contribution < -0.4 is 15.3 Å². The van der Waals surface area contributed by atoms with E-state index < -0.39 is 11.8 Å². The molecule has 2 aromatic rings. The third kappa shape index (κ3) is 3.15. The fourth-order valence-electron chi connectivity index (χ4n) is 3.72. The molecule has 1 aromatic carbocycles. The van der Waals surface area contributed by atoms with E-state index in [2.05, 4.69) is 11.8 Å². The van der Waals surface area contributed by atoms with Crippen LogP contribution >= 0.6 is 11.6 Å². The van der Waals surface area contributed by atoms with E-state index in [-0.39, 0.29) is 34.1 Å². The van der Waals surface area contributed by atoms with Gasteiger partial charge in [0.1, 0.15) is 11.0 Å². The summed E-state index contributed by atoms with van der Waals surface area (Å²) < 4.78 is 18.3. The topological polar surface area (TPSA) is 59.7 Å². The summed E-state index contributed by atoms with van der Waals surface area (Å²) in [6, 6.07) is 2.17. The van der Waals surface area contributed by atoms with Gasteiger partial charge in [-0.1, -0.05) is 17.5 Å². The maximum atomic E-state index is 15.0. The molecular formula is C20H20ClFN4O3. The number of carbonyl (C=O) groups is 1. The van der Waals surface area contributed by atoms with Crippen molar-refractivity contribution in [3.63, 3.8) is 0 Å². The maximum Gasteiger partial charge on any atom is 0.358 e. The van der Waals surface area contributed by atoms with Crippen molar-refractivity contribution in [3.8, 4) is 28.7 Å². The van der Waals surface area contributed by atoms with Gasteiger partial charge in [-0.15, -0.1) is 5.92 Å². The molecule has 9 heteroatoms. The molecule has 0 radical (unpaired) electrons. The van der Waals surface area contributed by atoms with Crippen molar-refractivity contribution in [1.82, 2.24) is 14.4 Å². The van der Waals surface area contributed by atoms with E-state index >= 15 is 4.39 Å². The van der Waals surface area contributed by atoms with E-state index in [9.17, 15) is 9.59 Å². The average Bonchev–Trinajstić information content (AvgIpc) is 2.85. The monoisotopic (exact) mass is 418 g/mol. The molecule has 7 nitrogen and oxygen atoms in total. The van der Waals surface area contributed by atoms with Crippen molar-refractivity contribution in [3.05, 3.63) is 33.5 Å². The Balaban J connectivity index is 1.89. The number of aromatic nitrogens is 2. The summed E-state index contributed by atoms with van der Waals surface area (Å²) in [5.41, 5.74) is 0.147. The number of halogens is 2. The number of urea groups is 1. The highest BCUT2D eigenvalue weighted by Crippen LogP contribution is 2.40. The van der Waals surface area contributed by atoms with Crippen LogP contribution in [0.1, 0.15) is 26.2 Å². The van der Waals surface area contributed by atoms with E-state index in [0.717, 1.165) is 24.3 Å². The number of benzene rings is 1. The molecule has 0 saturated heterocycles. The van der Waals surface area contributed by atoms with Crippen LogP contribution in [-0.4, -0.2) is 34.1 Å². The molecule has 0 aliphatic carbocycles. The number of fused-ring (bicyclic) bond motifs is 2. The Labute approximate surface area is 172 Å². The highest BCUT2D eigenvalue weighted by Gasteiger charge is 2.32. The summed E-state index contributed by atoms with van der Waals surface area (Å²) in [4.78, 5) is 32.4. The van der Waals surface area contributed by atoms with Crippen LogP contribution in [0.25, 0.3) is 11.1 Å². The molecule has 0 saturated carbocycles. The normalized spacial score (nSPS) is 15.8. The molecular weight excluding hydrogens is 399 g/mol. The van der Waals surface area contributed by atoms with Crippen LogP contribution in [-0.2, 0) is 13.1 Å². The van der Waals surface area contributed by atoms with E-state index in [4.69, 9.17) is 16.4 Å². The number of hydrogen-bond acceptors (Lipinski definition) is 3. The molecule has 2 aliphatic heterocycles. The minimum atomic E-state index is -0.645. The molecule has 0 bridgehead atoms. The zero-order valence-electron chi connectivity index (χ0n) is 16.2. The Morgan fingerprint density at radius 2 is 1.90 bits per heavy atom. The highest BCUT2D eigenvalue weighted by molar-refractivity contribution is 6.32. The number of rotatable bonds is 2. The van der Waals surface area contributed by atoms with Crippen molar-refractivity contribution in [2.75, 3.05) is 18.5 Å². The van der Waals surface area contributed by atoms with Gasteiger partial charge in [0.25, 0.3) is 5.56 Å². The highest BCUT2D eigenvalue weighted by atomic mass is 35.5. The summed E-state index contributed by atoms with van der Waals surface area (Å²) in [6.07, 6.45) is 2.77. The Kier molecular flexibility index (Phi) is 5.01. The van der Waals surface area contributed by atoms with Gasteiger partial charge in [0, 0.05) is 24.7 Å². The lowest BCUT2D eigenvalue weighted by Gasteiger charge is -2.33. The third-order valence-electron chi connectivity index (χ3n) is 5.17. The zero-order valence-corrected chi connectivity index (χ0v) is 16.9. The molecule has 29 heavy (non-hydrogen) atoms. The van der Waals surface area contributed by atoms with E-state index in [1.165, 1.54) is 24.1 Å². The van der Waals surface area contributed by atoms with Crippen LogP contribution in [0.2, 0.25) is 5.15 Å². The molecule has 152 valence electrons. The van der Waals surface area contributed by atoms with Gasteiger partial charge >= 0.3 is 6.03 Å². The van der Waals surface area contributed by atoms with E-state index in [0.29, 0.717) is 18.8 Å². The van der Waals surface area contributed by atoms with Gasteiger partial charge in [0.05, 0.1) is 24.8 Å². The first kappa shape index (κ1) is 19.4. The second kappa shape index (κ2) is 7.48. The van der Waals surface area contributed by atoms with E-state index in [1.54, 1.807) is 16.3 Å². The number of nitrogens with zero attached hydrogens (tertiary/aromatic N) is 4. The molecule has 1 aromatic heterocycles. The molecule has 0 spiro atoms. The Bertz CT molecular complexity index is 1110. The standard InChI is InChI=1S/C20H20ClFN4O3/c1-3-4-8-24-15-11-13(14(22)12-16(15)29-23(2)20(24)28)17-18(21)25-9-6-5-7-10-26(25)19(17)27/h11-12H,5-10H2,1-2H3. The maximum absolute atomic E-state index is 15.0. The smallest absolute Gasteiger partial charge is 0.358 e. The average molecular weight is 419 g/mol. The molecule has 0 N–H and O–H groups in total. The van der Waals surface area contributed by atoms with Gasteiger partial charge in [-0.25, -0.2) is 13.9 Å². The summed E-state index contributed by atoms with van der Waals surface area (Å²) in [6.45, 7) is 2.92.